The Morgan fingerprint density at radius 3 is 2.50 bits per heavy atom. The fourth-order valence-corrected chi connectivity index (χ4v) is 4.58. The maximum Gasteiger partial charge on any atom is 0.306 e. The molecule has 6 heteroatoms. The van der Waals surface area contributed by atoms with E-state index in [-0.39, 0.29) is 11.8 Å². The fourth-order valence-electron chi connectivity index (χ4n) is 4.58. The number of carboxylic acid groups (broad SMARTS) is 1. The molecular formula is C22H33N3O3. The number of benzene rings is 1. The third kappa shape index (κ3) is 4.49. The predicted octanol–water partition coefficient (Wildman–Crippen LogP) is 3.09. The molecule has 1 spiro atoms. The van der Waals surface area contributed by atoms with Crippen LogP contribution in [0.15, 0.2) is 30.3 Å². The lowest BCUT2D eigenvalue weighted by molar-refractivity contribution is -0.142. The van der Waals surface area contributed by atoms with Crippen molar-refractivity contribution in [2.24, 2.45) is 5.92 Å². The van der Waals surface area contributed by atoms with Crippen molar-refractivity contribution in [1.82, 2.24) is 10.2 Å². The molecule has 1 amide bonds. The third-order valence-electron chi connectivity index (χ3n) is 6.37. The number of nitrogens with one attached hydrogen (secondary N) is 1. The SMILES string of the molecule is CCCCC(CCCN1CCC2(CC1)C(=O)NCN2c1ccccc1)C(=O)O. The van der Waals surface area contributed by atoms with E-state index in [1.807, 2.05) is 18.2 Å². The monoisotopic (exact) mass is 387 g/mol. The number of carbonyl (C=O) groups is 2. The van der Waals surface area contributed by atoms with Gasteiger partial charge >= 0.3 is 5.97 Å². The van der Waals surface area contributed by atoms with E-state index in [9.17, 15) is 14.7 Å². The van der Waals surface area contributed by atoms with Gasteiger partial charge in [-0.2, -0.15) is 0 Å². The normalized spacial score (nSPS) is 20.3. The van der Waals surface area contributed by atoms with Gasteiger partial charge in [0.1, 0.15) is 5.54 Å². The van der Waals surface area contributed by atoms with Gasteiger partial charge in [0.05, 0.1) is 12.6 Å². The molecule has 6 nitrogen and oxygen atoms in total. The molecule has 1 aromatic carbocycles. The first-order chi connectivity index (χ1) is 13.6. The molecule has 2 aliphatic heterocycles. The van der Waals surface area contributed by atoms with Crippen molar-refractivity contribution in [3.63, 3.8) is 0 Å². The second-order valence-electron chi connectivity index (χ2n) is 8.12. The average molecular weight is 388 g/mol. The van der Waals surface area contributed by atoms with E-state index in [1.54, 1.807) is 0 Å². The van der Waals surface area contributed by atoms with Crippen LogP contribution in [0.2, 0.25) is 0 Å². The second kappa shape index (κ2) is 9.41. The first-order valence-corrected chi connectivity index (χ1v) is 10.6. The number of carbonyl (C=O) groups excluding carboxylic acids is 1. The largest absolute Gasteiger partial charge is 0.481 e. The molecule has 3 rings (SSSR count). The van der Waals surface area contributed by atoms with E-state index < -0.39 is 11.5 Å². The summed E-state index contributed by atoms with van der Waals surface area (Å²) in [5.41, 5.74) is 0.650. The predicted molar refractivity (Wildman–Crippen MR) is 110 cm³/mol. The van der Waals surface area contributed by atoms with Gasteiger partial charge in [-0.15, -0.1) is 0 Å². The minimum atomic E-state index is -0.660. The zero-order valence-electron chi connectivity index (χ0n) is 16.9. The maximum atomic E-state index is 12.7. The van der Waals surface area contributed by atoms with Crippen molar-refractivity contribution >= 4 is 17.6 Å². The Balaban J connectivity index is 1.52. The highest BCUT2D eigenvalue weighted by atomic mass is 16.4. The molecule has 0 aliphatic carbocycles. The van der Waals surface area contributed by atoms with Gasteiger partial charge in [-0.3, -0.25) is 9.59 Å². The molecule has 2 saturated heterocycles. The van der Waals surface area contributed by atoms with Crippen LogP contribution in [-0.4, -0.2) is 53.7 Å². The topological polar surface area (TPSA) is 72.9 Å². The number of likely N-dealkylation sites (tertiary alicyclic amines) is 1. The number of piperidine rings is 1. The molecule has 2 N–H and O–H groups in total. The first kappa shape index (κ1) is 20.6. The van der Waals surface area contributed by atoms with Crippen LogP contribution in [-0.2, 0) is 9.59 Å². The molecular weight excluding hydrogens is 354 g/mol. The van der Waals surface area contributed by atoms with E-state index in [2.05, 4.69) is 34.2 Å². The minimum absolute atomic E-state index is 0.140. The molecule has 1 unspecified atom stereocenters. The Labute approximate surface area is 167 Å². The molecule has 1 aromatic rings. The van der Waals surface area contributed by atoms with E-state index >= 15 is 0 Å². The van der Waals surface area contributed by atoms with Gasteiger partial charge in [-0.05, 0) is 50.8 Å². The Hall–Kier alpha value is -2.08. The van der Waals surface area contributed by atoms with E-state index in [0.29, 0.717) is 6.67 Å². The van der Waals surface area contributed by atoms with Crippen LogP contribution in [0.25, 0.3) is 0 Å². The Kier molecular flexibility index (Phi) is 6.94. The minimum Gasteiger partial charge on any atom is -0.481 e. The summed E-state index contributed by atoms with van der Waals surface area (Å²) in [7, 11) is 0. The number of amides is 1. The first-order valence-electron chi connectivity index (χ1n) is 10.6. The van der Waals surface area contributed by atoms with Gasteiger partial charge in [-0.1, -0.05) is 38.0 Å². The maximum absolute atomic E-state index is 12.7. The van der Waals surface area contributed by atoms with Crippen LogP contribution < -0.4 is 10.2 Å². The summed E-state index contributed by atoms with van der Waals surface area (Å²) < 4.78 is 0. The van der Waals surface area contributed by atoms with Crippen LogP contribution in [0.3, 0.4) is 0 Å². The molecule has 154 valence electrons. The summed E-state index contributed by atoms with van der Waals surface area (Å²) in [5.74, 6) is -0.737. The van der Waals surface area contributed by atoms with Crippen molar-refractivity contribution in [2.45, 2.75) is 57.4 Å². The molecule has 2 aliphatic rings. The highest BCUT2D eigenvalue weighted by Crippen LogP contribution is 2.36. The van der Waals surface area contributed by atoms with Gasteiger partial charge in [-0.25, -0.2) is 0 Å². The summed E-state index contributed by atoms with van der Waals surface area (Å²) >= 11 is 0. The van der Waals surface area contributed by atoms with E-state index in [0.717, 1.165) is 70.3 Å². The van der Waals surface area contributed by atoms with Gasteiger partial charge in [0.2, 0.25) is 5.91 Å². The third-order valence-corrected chi connectivity index (χ3v) is 6.37. The highest BCUT2D eigenvalue weighted by molar-refractivity contribution is 5.93. The molecule has 0 bridgehead atoms. The lowest BCUT2D eigenvalue weighted by atomic mass is 9.85. The number of rotatable bonds is 9. The summed E-state index contributed by atoms with van der Waals surface area (Å²) in [4.78, 5) is 28.7. The van der Waals surface area contributed by atoms with Crippen molar-refractivity contribution in [2.75, 3.05) is 31.2 Å². The quantitative estimate of drug-likeness (QED) is 0.681. The van der Waals surface area contributed by atoms with Crippen LogP contribution in [0.1, 0.15) is 51.9 Å². The van der Waals surface area contributed by atoms with Crippen LogP contribution in [0.5, 0.6) is 0 Å². The fraction of sp³-hybridized carbons (Fsp3) is 0.636. The molecule has 2 heterocycles. The standard InChI is InChI=1S/C22H33N3O3/c1-2-3-8-18(20(26)27)9-7-14-24-15-12-22(13-16-24)21(28)23-17-25(22)19-10-5-4-6-11-19/h4-6,10-11,18H,2-3,7-9,12-17H2,1H3,(H,23,28)(H,26,27). The smallest absolute Gasteiger partial charge is 0.306 e. The second-order valence-corrected chi connectivity index (χ2v) is 8.12. The zero-order valence-corrected chi connectivity index (χ0v) is 16.9. The Bertz CT molecular complexity index is 656. The molecule has 1 atom stereocenters. The molecule has 28 heavy (non-hydrogen) atoms. The number of para-hydroxylation sites is 1. The van der Waals surface area contributed by atoms with Gasteiger partial charge in [0, 0.05) is 18.8 Å². The number of aliphatic carboxylic acids is 1. The van der Waals surface area contributed by atoms with E-state index in [4.69, 9.17) is 0 Å². The molecule has 0 radical (unpaired) electrons. The van der Waals surface area contributed by atoms with Crippen molar-refractivity contribution < 1.29 is 14.7 Å². The average Bonchev–Trinajstić information content (AvgIpc) is 3.02. The number of unbranched alkanes of at least 4 members (excludes halogenated alkanes) is 1. The van der Waals surface area contributed by atoms with Gasteiger partial charge in [0.25, 0.3) is 0 Å². The lowest BCUT2D eigenvalue weighted by Gasteiger charge is -2.43. The number of anilines is 1. The highest BCUT2D eigenvalue weighted by Gasteiger charge is 2.50. The van der Waals surface area contributed by atoms with Crippen molar-refractivity contribution in [3.05, 3.63) is 30.3 Å². The van der Waals surface area contributed by atoms with Crippen LogP contribution >= 0.6 is 0 Å². The van der Waals surface area contributed by atoms with Gasteiger partial charge in [0.15, 0.2) is 0 Å². The summed E-state index contributed by atoms with van der Waals surface area (Å²) in [6.07, 6.45) is 6.07. The molecule has 2 fully saturated rings. The Morgan fingerprint density at radius 2 is 1.86 bits per heavy atom. The number of hydrogen-bond donors (Lipinski definition) is 2. The Morgan fingerprint density at radius 1 is 1.18 bits per heavy atom. The number of nitrogens with zero attached hydrogens (tertiary/aromatic N) is 2. The number of carboxylic acids is 1. The summed E-state index contributed by atoms with van der Waals surface area (Å²) in [5, 5.41) is 12.4. The molecule has 0 aromatic heterocycles. The van der Waals surface area contributed by atoms with Crippen LogP contribution in [0.4, 0.5) is 5.69 Å². The van der Waals surface area contributed by atoms with Gasteiger partial charge < -0.3 is 20.2 Å². The zero-order chi connectivity index (χ0) is 20.0. The van der Waals surface area contributed by atoms with E-state index in [1.165, 1.54) is 0 Å². The lowest BCUT2D eigenvalue weighted by Crippen LogP contribution is -2.56. The van der Waals surface area contributed by atoms with Crippen molar-refractivity contribution in [3.8, 4) is 0 Å². The van der Waals surface area contributed by atoms with Crippen molar-refractivity contribution in [1.29, 1.82) is 0 Å². The summed E-state index contributed by atoms with van der Waals surface area (Å²) in [6, 6.07) is 10.2. The number of hydrogen-bond acceptors (Lipinski definition) is 4. The summed E-state index contributed by atoms with van der Waals surface area (Å²) in [6.45, 7) is 5.34. The molecule has 0 saturated carbocycles. The van der Waals surface area contributed by atoms with Crippen LogP contribution in [0, 0.1) is 5.92 Å².